The van der Waals surface area contributed by atoms with Crippen molar-refractivity contribution >= 4 is 65.4 Å². The number of hydrogen-bond acceptors (Lipinski definition) is 45. The number of aliphatic hydroxyl groups is 13. The van der Waals surface area contributed by atoms with Gasteiger partial charge >= 0.3 is 207 Å². The van der Waals surface area contributed by atoms with E-state index in [0.717, 1.165) is 12.5 Å². The molecule has 0 aromatic heterocycles. The van der Waals surface area contributed by atoms with Gasteiger partial charge in [-0.05, 0) is 57.3 Å². The van der Waals surface area contributed by atoms with E-state index in [1.165, 1.54) is 27.4 Å². The van der Waals surface area contributed by atoms with Crippen LogP contribution in [0.1, 0.15) is 55.4 Å². The Morgan fingerprint density at radius 2 is 0.821 bits per heavy atom. The molecule has 0 spiro atoms. The molecule has 16 N–H and O–H groups in total. The third-order valence-corrected chi connectivity index (χ3v) is 14.3. The van der Waals surface area contributed by atoms with E-state index in [-0.39, 0.29) is 245 Å². The second-order valence-corrected chi connectivity index (χ2v) is 24.4. The van der Waals surface area contributed by atoms with Gasteiger partial charge in [-0.25, -0.2) is 33.7 Å². The molecule has 27 atom stereocenters. The number of carbonyl (C=O) groups excluding carboxylic acids is 4. The Labute approximate surface area is 763 Å². The molecule has 59 heteroatoms. The number of nitrogens with one attached hydrogen (secondary N) is 1. The number of rotatable bonds is 16. The monoisotopic (exact) mass is 1690 g/mol. The summed E-state index contributed by atoms with van der Waals surface area (Å²) in [5.41, 5.74) is 0. The minimum Gasteiger partial charge on any atom is -0.726 e. The quantitative estimate of drug-likeness (QED) is 0.0224. The van der Waals surface area contributed by atoms with Gasteiger partial charge in [0.2, 0.25) is 47.5 Å². The van der Waals surface area contributed by atoms with Crippen LogP contribution in [0.3, 0.4) is 0 Å². The van der Waals surface area contributed by atoms with Crippen molar-refractivity contribution in [3.63, 3.8) is 0 Å². The van der Waals surface area contributed by atoms with Crippen LogP contribution in [-0.4, -0.2) is 331 Å². The molecule has 584 valence electrons. The number of aliphatic hydroxyl groups excluding tert-OH is 13. The Morgan fingerprint density at radius 1 is 0.509 bits per heavy atom. The molecule has 0 saturated carbocycles. The van der Waals surface area contributed by atoms with Gasteiger partial charge in [0.1, 0.15) is 79.4 Å². The summed E-state index contributed by atoms with van der Waals surface area (Å²) in [5, 5.41) is 168. The molecule has 6 rings (SSSR count). The van der Waals surface area contributed by atoms with Gasteiger partial charge in [0, 0.05) is 20.6 Å². The van der Waals surface area contributed by atoms with E-state index in [1.807, 2.05) is 20.8 Å². The maximum Gasteiger partial charge on any atom is 1.00 e. The van der Waals surface area contributed by atoms with Gasteiger partial charge in [0.05, 0.1) is 61.6 Å². The van der Waals surface area contributed by atoms with Crippen LogP contribution in [0.25, 0.3) is 0 Å². The number of ether oxygens (including phenoxy) is 9. The Bertz CT molecular complexity index is 2940. The van der Waals surface area contributed by atoms with Gasteiger partial charge in [-0.2, -0.15) is 10.5 Å². The summed E-state index contributed by atoms with van der Waals surface area (Å²) in [4.78, 5) is 44.0. The fourth-order valence-corrected chi connectivity index (χ4v) is 9.17. The third-order valence-electron chi connectivity index (χ3n) is 13.5. The van der Waals surface area contributed by atoms with Crippen LogP contribution in [0.15, 0.2) is 0 Å². The standard InChI is InChI=1S/C15H24NO13S.C14H23O9.C8H16O6S.C7H12O7.2CHNO.CH4.7Na.2H2O4S/c1-5-9(16-6(2)17)8(3-7(27-5)4-26-30(23,24)25)28-15-12(20)10(18)11(19)13(29-15)14(21)22;1-5-6(2)21-7(4-15)3-8(5)22-14-11(18)9(16)10(17)12(23-14)13(19)20;1-5-3-7(9)8(14-6(5)2)4-13-15(10,11)12;1-13-7-4(10)2(8)3(9)5(14-7)6(11)12;2*2-1-3;;;;;;;;;2*1-5(2,3)4/h3,5,7-13,15,18-20H,4H2,1-2H3,(H,16,17)(H,21,22)(H,23,24,25);3,5-12,14-18H,4H2,1-2H3,(H,19,20);5-9H,3-4H2,1-2H3,(H,10,11,12);2-5,7-10H,1H3,(H,11,12);2*3H;1H4;;;;;;;;2*(H2,1,2,3,4)/q2*-1;;;;;;7*+1;;/p-7/t5-,7?,8+,9?,10+,11+,12?,13?,15-;5?,6-,7?,8+,9+,10+,11?,12?,14-;5?,6-,7+,8?;2-,3-,4?,5?,7+;;;;;;;;;;;;/m1110............/s1. The number of carbonyl (C=O) groups is 4. The van der Waals surface area contributed by atoms with Crippen molar-refractivity contribution in [2.45, 2.75) is 208 Å². The van der Waals surface area contributed by atoms with E-state index in [4.69, 9.17) is 88.9 Å². The van der Waals surface area contributed by atoms with E-state index >= 15 is 0 Å². The predicted molar refractivity (Wildman–Crippen MR) is 295 cm³/mol. The molecule has 6 aliphatic rings. The average molecular weight is 1690 g/mol. The normalized spacial score (nSPS) is 34.1. The van der Waals surface area contributed by atoms with E-state index < -0.39 is 220 Å². The summed E-state index contributed by atoms with van der Waals surface area (Å²) >= 11 is 0. The molecule has 106 heavy (non-hydrogen) atoms. The van der Waals surface area contributed by atoms with Crippen LogP contribution >= 0.6 is 0 Å². The second kappa shape index (κ2) is 62.3. The zero-order valence-corrected chi connectivity index (χ0v) is 75.8. The van der Waals surface area contributed by atoms with Crippen molar-refractivity contribution in [1.82, 2.24) is 5.32 Å². The van der Waals surface area contributed by atoms with Gasteiger partial charge in [-0.1, -0.05) is 27.4 Å². The maximum absolute atomic E-state index is 11.5. The van der Waals surface area contributed by atoms with Crippen molar-refractivity contribution in [1.29, 1.82) is 10.5 Å². The Morgan fingerprint density at radius 3 is 1.14 bits per heavy atom. The van der Waals surface area contributed by atoms with E-state index in [2.05, 4.69) is 23.2 Å². The smallest absolute Gasteiger partial charge is 0.726 e. The molecule has 0 aromatic rings. The Kier molecular flexibility index (Phi) is 75.8. The van der Waals surface area contributed by atoms with Crippen molar-refractivity contribution in [2.24, 2.45) is 11.8 Å². The van der Waals surface area contributed by atoms with Crippen molar-refractivity contribution < 1.29 is 420 Å². The average Bonchev–Trinajstić information content (AvgIpc) is 0.800. The molecular formula is C47H78N3Na7O45S4-2. The summed E-state index contributed by atoms with van der Waals surface area (Å²) in [6.45, 7) is 8.65. The largest absolute Gasteiger partial charge is 1.00 e. The van der Waals surface area contributed by atoms with Crippen molar-refractivity contribution in [2.75, 3.05) is 26.9 Å². The van der Waals surface area contributed by atoms with Crippen LogP contribution in [0.2, 0.25) is 0 Å². The molecule has 0 radical (unpaired) electrons. The van der Waals surface area contributed by atoms with Crippen molar-refractivity contribution in [3.8, 4) is 12.5 Å². The molecule has 6 aliphatic heterocycles. The molecule has 1 amide bonds. The first kappa shape index (κ1) is 129. The number of amides is 1. The summed E-state index contributed by atoms with van der Waals surface area (Å²) in [6.07, 6.45) is -27.4. The summed E-state index contributed by atoms with van der Waals surface area (Å²) in [5.74, 6) is -5.73. The first-order valence-corrected chi connectivity index (χ1v) is 32.5. The Balaban J connectivity index is -0.000000136. The van der Waals surface area contributed by atoms with Crippen LogP contribution in [-0.2, 0) is 112 Å². The first-order valence-electron chi connectivity index (χ1n) is 27.1. The summed E-state index contributed by atoms with van der Waals surface area (Å²) < 4.78 is 183. The van der Waals surface area contributed by atoms with Gasteiger partial charge in [-0.3, -0.25) is 35.1 Å². The topological polar surface area (TPSA) is 831 Å². The molecule has 0 aliphatic carbocycles. The third kappa shape index (κ3) is 52.1. The van der Waals surface area contributed by atoms with Crippen molar-refractivity contribution in [3.05, 3.63) is 12.8 Å². The molecule has 6 saturated heterocycles. The van der Waals surface area contributed by atoms with E-state index in [0.29, 0.717) is 6.42 Å². The SMILES string of the molecule is C.CC(=O)NC1[C@@H](O[C@@H]2OC(C(=O)[O-])[C@@H](O)[C@H](O)C2O)[CH-]C(COS(=O)(=O)[O-])O[C@@H]1C.CC1C[C@H](O)C(COS(=O)(=O)[O-])O[C@@H]1C.CC1[C@@H](O[C@@H]2OC(C(=O)[O-])[C@@H](O)[C@H](O)C2O)[CH-]C(CO)O[C@@H]1C.CO[C@@H]1OC(C(=O)[O-])[C@@H](O)[C@H](O)C1O.N#CO.N#CO.O=S(=O)([O-])O.O=S(=O)([O-])O.[Na+].[Na+].[Na+].[Na+].[Na+].[Na+].[Na+]. The maximum atomic E-state index is 11.5. The van der Waals surface area contributed by atoms with Crippen LogP contribution in [0, 0.1) is 47.7 Å². The summed E-state index contributed by atoms with van der Waals surface area (Å²) in [7, 11) is -18.4. The zero-order valence-electron chi connectivity index (χ0n) is 58.6. The number of carboxylic acid groups (broad SMARTS) is 3. The van der Waals surface area contributed by atoms with Crippen LogP contribution in [0.4, 0.5) is 0 Å². The zero-order chi connectivity index (χ0) is 77.0. The number of methoxy groups -OCH3 is 1. The number of nitrogens with zero attached hydrogens (tertiary/aromatic N) is 2. The molecule has 6 fully saturated rings. The molecule has 48 nitrogen and oxygen atoms in total. The van der Waals surface area contributed by atoms with Crippen LogP contribution < -0.4 is 228 Å². The molecule has 12 unspecified atom stereocenters. The predicted octanol–water partition coefficient (Wildman–Crippen LogP) is -35.4. The summed E-state index contributed by atoms with van der Waals surface area (Å²) in [6, 6.07) is -0.913. The fraction of sp³-hybridized carbons (Fsp3) is 0.830. The minimum atomic E-state index is -5.02. The fourth-order valence-electron chi connectivity index (χ4n) is 8.57. The first-order chi connectivity index (χ1) is 44.7. The number of aliphatic carboxylic acids is 3. The van der Waals surface area contributed by atoms with Gasteiger partial charge in [0.15, 0.2) is 18.9 Å². The molecule has 0 bridgehead atoms. The van der Waals surface area contributed by atoms with Gasteiger partial charge in [0.25, 0.3) is 12.5 Å². The van der Waals surface area contributed by atoms with Crippen LogP contribution in [0.5, 0.6) is 0 Å². The molecule has 6 heterocycles. The Hall–Kier alpha value is 2.14. The van der Waals surface area contributed by atoms with E-state index in [1.54, 1.807) is 13.3 Å². The second-order valence-electron chi connectivity index (χ2n) is 20.6. The molecule has 0 aromatic carbocycles. The van der Waals surface area contributed by atoms with Gasteiger partial charge in [-0.15, -0.1) is 0 Å². The number of carboxylic acids is 3. The number of hydrogen-bond donors (Lipinski definition) is 16. The minimum absolute atomic E-state index is 0. The molecular weight excluding hydrogens is 1620 g/mol. The number of nitriles is 2. The van der Waals surface area contributed by atoms with E-state index in [9.17, 15) is 117 Å². The van der Waals surface area contributed by atoms with Gasteiger partial charge < -0.3 is 162 Å².